The van der Waals surface area contributed by atoms with Crippen LogP contribution in [0.15, 0.2) is 41.5 Å². The fraction of sp³-hybridized carbons (Fsp3) is 0.417. The molecule has 0 aromatic carbocycles. The van der Waals surface area contributed by atoms with Crippen molar-refractivity contribution in [2.45, 2.75) is 57.4 Å². The third-order valence-electron chi connectivity index (χ3n) is 5.55. The van der Waals surface area contributed by atoms with E-state index in [4.69, 9.17) is 15.3 Å². The van der Waals surface area contributed by atoms with Gasteiger partial charge in [-0.1, -0.05) is 5.16 Å². The van der Waals surface area contributed by atoms with E-state index < -0.39 is 35.6 Å². The van der Waals surface area contributed by atoms with E-state index in [0.29, 0.717) is 12.3 Å². The standard InChI is InChI=1S/C24H27N7O7S2/c1-12(22(36)37-24(2,3)4)38-28-15(17-27-23(25)40-29-17)18(32)26-16-19(33)31-10-13(11-39-20(16)31)9-30-7-5-14(6-8-30)21(34)35/h5-8,10,12,16,20H,9,11H2,1-4H3,(H3-,25,26,27,29,32,34,35)/b28-15-/t12?,16?,20-/m1/s1. The Morgan fingerprint density at radius 1 is 1.32 bits per heavy atom. The normalized spacial score (nSPS) is 19.6. The van der Waals surface area contributed by atoms with Crippen LogP contribution in [0.4, 0.5) is 5.13 Å². The molecule has 1 fully saturated rings. The number of nitrogens with one attached hydrogen (secondary N) is 1. The first-order chi connectivity index (χ1) is 18.8. The number of rotatable bonds is 9. The van der Waals surface area contributed by atoms with Crippen LogP contribution in [0.2, 0.25) is 0 Å². The summed E-state index contributed by atoms with van der Waals surface area (Å²) in [7, 11) is 0. The van der Waals surface area contributed by atoms with Gasteiger partial charge >= 0.3 is 5.97 Å². The molecule has 16 heteroatoms. The molecule has 3 atom stereocenters. The van der Waals surface area contributed by atoms with Gasteiger partial charge in [-0.05, 0) is 27.7 Å². The minimum Gasteiger partial charge on any atom is -0.545 e. The van der Waals surface area contributed by atoms with Gasteiger partial charge < -0.3 is 35.4 Å². The molecule has 1 saturated heterocycles. The van der Waals surface area contributed by atoms with Gasteiger partial charge in [-0.3, -0.25) is 9.59 Å². The van der Waals surface area contributed by atoms with Crippen molar-refractivity contribution in [2.75, 3.05) is 11.5 Å². The summed E-state index contributed by atoms with van der Waals surface area (Å²) in [4.78, 5) is 60.0. The topological polar surface area (TPSA) is 193 Å². The number of hydrogen-bond acceptors (Lipinski definition) is 13. The number of anilines is 1. The van der Waals surface area contributed by atoms with Crippen molar-refractivity contribution in [3.63, 3.8) is 0 Å². The van der Waals surface area contributed by atoms with Crippen LogP contribution in [-0.4, -0.2) is 72.6 Å². The number of nitrogens with two attached hydrogens (primary N) is 1. The first-order valence-corrected chi connectivity index (χ1v) is 13.9. The van der Waals surface area contributed by atoms with Gasteiger partial charge in [0.05, 0.1) is 5.97 Å². The van der Waals surface area contributed by atoms with Crippen molar-refractivity contribution in [1.82, 2.24) is 19.6 Å². The number of carbonyl (C=O) groups is 4. The zero-order chi connectivity index (χ0) is 29.2. The van der Waals surface area contributed by atoms with Gasteiger partial charge in [0, 0.05) is 46.8 Å². The number of hydrogen-bond donors (Lipinski definition) is 2. The molecule has 2 unspecified atom stereocenters. The lowest BCUT2D eigenvalue weighted by atomic mass is 10.1. The Morgan fingerprint density at radius 3 is 2.62 bits per heavy atom. The Balaban J connectivity index is 1.42. The summed E-state index contributed by atoms with van der Waals surface area (Å²) in [5, 5.41) is 17.2. The highest BCUT2D eigenvalue weighted by molar-refractivity contribution is 8.00. The molecule has 0 bridgehead atoms. The maximum absolute atomic E-state index is 13.2. The molecule has 0 spiro atoms. The van der Waals surface area contributed by atoms with Gasteiger partial charge in [0.25, 0.3) is 11.8 Å². The van der Waals surface area contributed by atoms with Crippen LogP contribution in [0.3, 0.4) is 0 Å². The number of carboxylic acids is 1. The van der Waals surface area contributed by atoms with E-state index >= 15 is 0 Å². The number of aromatic nitrogens is 3. The number of thioether (sulfide) groups is 1. The molecule has 0 aliphatic carbocycles. The van der Waals surface area contributed by atoms with Gasteiger partial charge in [-0.15, -0.1) is 11.8 Å². The lowest BCUT2D eigenvalue weighted by molar-refractivity contribution is -0.689. The maximum Gasteiger partial charge on any atom is 0.350 e. The van der Waals surface area contributed by atoms with Crippen molar-refractivity contribution < 1.29 is 38.4 Å². The summed E-state index contributed by atoms with van der Waals surface area (Å²) < 4.78 is 11.1. The second kappa shape index (κ2) is 11.6. The van der Waals surface area contributed by atoms with Gasteiger partial charge in [-0.2, -0.15) is 9.36 Å². The molecular formula is C24H27N7O7S2. The van der Waals surface area contributed by atoms with Crippen molar-refractivity contribution in [2.24, 2.45) is 5.16 Å². The molecule has 2 aliphatic rings. The molecule has 212 valence electrons. The molecule has 3 N–H and O–H groups in total. The Bertz CT molecular complexity index is 1380. The Hall–Kier alpha value is -4.05. The quantitative estimate of drug-likeness (QED) is 0.122. The summed E-state index contributed by atoms with van der Waals surface area (Å²) in [6, 6.07) is 2.04. The third kappa shape index (κ3) is 6.74. The molecule has 2 amide bonds. The van der Waals surface area contributed by atoms with Crippen molar-refractivity contribution in [1.29, 1.82) is 0 Å². The molecular weight excluding hydrogens is 562 g/mol. The van der Waals surface area contributed by atoms with Gasteiger partial charge in [0.1, 0.15) is 17.0 Å². The molecule has 4 rings (SSSR count). The SMILES string of the molecule is CC(O/N=C(\C(=O)NC1C(=O)N2C=C(C[n+]3ccc(C(=O)[O-])cc3)CS[C@H]12)c1nsc(N)n1)C(=O)OC(C)(C)C. The minimum atomic E-state index is -1.26. The van der Waals surface area contributed by atoms with Crippen molar-refractivity contribution in [3.05, 3.63) is 47.7 Å². The fourth-order valence-electron chi connectivity index (χ4n) is 3.66. The molecule has 0 saturated carbocycles. The van der Waals surface area contributed by atoms with Crippen molar-refractivity contribution in [3.8, 4) is 0 Å². The molecule has 0 radical (unpaired) electrons. The Labute approximate surface area is 237 Å². The number of esters is 1. The Kier molecular flexibility index (Phi) is 8.39. The van der Waals surface area contributed by atoms with Crippen LogP contribution < -0.4 is 20.7 Å². The first kappa shape index (κ1) is 28.9. The summed E-state index contributed by atoms with van der Waals surface area (Å²) in [5.41, 5.74) is 5.58. The molecule has 2 aliphatic heterocycles. The van der Waals surface area contributed by atoms with Crippen LogP contribution in [-0.2, 0) is 30.5 Å². The predicted molar refractivity (Wildman–Crippen MR) is 141 cm³/mol. The second-order valence-electron chi connectivity index (χ2n) is 9.91. The van der Waals surface area contributed by atoms with E-state index in [-0.39, 0.29) is 33.5 Å². The minimum absolute atomic E-state index is 0.0722. The highest BCUT2D eigenvalue weighted by Gasteiger charge is 2.50. The number of nitrogens with zero attached hydrogens (tertiary/aromatic N) is 5. The number of pyridine rings is 1. The van der Waals surface area contributed by atoms with Gasteiger partial charge in [0.2, 0.25) is 17.6 Å². The van der Waals surface area contributed by atoms with E-state index in [0.717, 1.165) is 17.1 Å². The van der Waals surface area contributed by atoms with Gasteiger partial charge in [-0.25, -0.2) is 9.36 Å². The number of carbonyl (C=O) groups excluding carboxylic acids is 4. The molecule has 40 heavy (non-hydrogen) atoms. The lowest BCUT2D eigenvalue weighted by Crippen LogP contribution is -2.69. The van der Waals surface area contributed by atoms with Crippen LogP contribution >= 0.6 is 23.3 Å². The largest absolute Gasteiger partial charge is 0.545 e. The van der Waals surface area contributed by atoms with Gasteiger partial charge in [0.15, 0.2) is 24.1 Å². The zero-order valence-electron chi connectivity index (χ0n) is 22.0. The number of aromatic carboxylic acids is 1. The highest BCUT2D eigenvalue weighted by atomic mass is 32.2. The smallest absolute Gasteiger partial charge is 0.350 e. The number of oxime groups is 1. The average molecular weight is 590 g/mol. The maximum atomic E-state index is 13.2. The fourth-order valence-corrected chi connectivity index (χ4v) is 5.35. The number of carboxylic acid groups (broad SMARTS) is 1. The number of β-lactam (4-membered cyclic amide) rings is 1. The summed E-state index contributed by atoms with van der Waals surface area (Å²) >= 11 is 2.31. The lowest BCUT2D eigenvalue weighted by Gasteiger charge is -2.47. The summed E-state index contributed by atoms with van der Waals surface area (Å²) in [5.74, 6) is -2.56. The number of fused-ring (bicyclic) bond motifs is 1. The molecule has 2 aromatic rings. The van der Waals surface area contributed by atoms with E-state index in [1.807, 2.05) is 0 Å². The first-order valence-electron chi connectivity index (χ1n) is 12.0. The Morgan fingerprint density at radius 2 is 2.02 bits per heavy atom. The van der Waals surface area contributed by atoms with E-state index in [9.17, 15) is 24.3 Å². The molecule has 2 aromatic heterocycles. The van der Waals surface area contributed by atoms with Crippen LogP contribution in [0.25, 0.3) is 0 Å². The average Bonchev–Trinajstić information content (AvgIpc) is 3.32. The second-order valence-corrected chi connectivity index (χ2v) is 11.8. The molecule has 14 nitrogen and oxygen atoms in total. The number of amides is 2. The summed E-state index contributed by atoms with van der Waals surface area (Å²) in [6.07, 6.45) is 3.84. The zero-order valence-corrected chi connectivity index (χ0v) is 23.7. The van der Waals surface area contributed by atoms with Crippen LogP contribution in [0.5, 0.6) is 0 Å². The summed E-state index contributed by atoms with van der Waals surface area (Å²) in [6.45, 7) is 6.99. The van der Waals surface area contributed by atoms with Crippen LogP contribution in [0, 0.1) is 0 Å². The number of ether oxygens (including phenoxy) is 1. The number of nitrogen functional groups attached to an aromatic ring is 1. The van der Waals surface area contributed by atoms with E-state index in [1.54, 1.807) is 43.9 Å². The highest BCUT2D eigenvalue weighted by Crippen LogP contribution is 2.36. The predicted octanol–water partition coefficient (Wildman–Crippen LogP) is -0.794. The van der Waals surface area contributed by atoms with Crippen molar-refractivity contribution >= 4 is 57.9 Å². The van der Waals surface area contributed by atoms with E-state index in [2.05, 4.69) is 19.8 Å². The monoisotopic (exact) mass is 589 g/mol. The van der Waals surface area contributed by atoms with Crippen LogP contribution in [0.1, 0.15) is 43.9 Å². The molecule has 4 heterocycles. The third-order valence-corrected chi connectivity index (χ3v) is 7.47. The van der Waals surface area contributed by atoms with E-state index in [1.165, 1.54) is 35.7 Å².